The van der Waals surface area contributed by atoms with E-state index in [1.54, 1.807) is 22.3 Å². The minimum absolute atomic E-state index is 1.18. The number of hydrogen-bond acceptors (Lipinski definition) is 0. The molecule has 0 saturated heterocycles. The Morgan fingerprint density at radius 2 is 1.73 bits per heavy atom. The molecular formula is C15H24. The third kappa shape index (κ3) is 2.25. The molecule has 2 rings (SSSR count). The summed E-state index contributed by atoms with van der Waals surface area (Å²) in [6, 6.07) is 2.44. The molecule has 0 heteroatoms. The Kier molecular flexibility index (Phi) is 4.38. The highest BCUT2D eigenvalue weighted by atomic mass is 14.2. The monoisotopic (exact) mass is 204 g/mol. The van der Waals surface area contributed by atoms with Crippen molar-refractivity contribution < 1.29 is 0 Å². The summed E-state index contributed by atoms with van der Waals surface area (Å²) in [6.45, 7) is 10.8. The zero-order valence-electron chi connectivity index (χ0n) is 10.9. The predicted molar refractivity (Wildman–Crippen MR) is 68.7 cm³/mol. The molecule has 15 heavy (non-hydrogen) atoms. The molecule has 0 radical (unpaired) electrons. The van der Waals surface area contributed by atoms with E-state index in [2.05, 4.69) is 26.8 Å². The van der Waals surface area contributed by atoms with Crippen molar-refractivity contribution >= 4 is 0 Å². The third-order valence-corrected chi connectivity index (χ3v) is 3.49. The van der Waals surface area contributed by atoms with Crippen LogP contribution in [0.1, 0.15) is 55.0 Å². The molecule has 0 unspecified atom stereocenters. The lowest BCUT2D eigenvalue weighted by Crippen LogP contribution is -1.97. The molecule has 1 aromatic carbocycles. The van der Waals surface area contributed by atoms with Gasteiger partial charge >= 0.3 is 0 Å². The average Bonchev–Trinajstić information content (AvgIpc) is 2.74. The normalized spacial score (nSPS) is 13.1. The molecule has 0 aromatic heterocycles. The van der Waals surface area contributed by atoms with E-state index in [1.807, 2.05) is 13.8 Å². The molecule has 0 fully saturated rings. The van der Waals surface area contributed by atoms with Crippen LogP contribution < -0.4 is 0 Å². The molecule has 0 saturated carbocycles. The van der Waals surface area contributed by atoms with Gasteiger partial charge in [-0.15, -0.1) is 0 Å². The second kappa shape index (κ2) is 5.34. The van der Waals surface area contributed by atoms with Gasteiger partial charge in [0.1, 0.15) is 0 Å². The molecule has 0 N–H and O–H groups in total. The first-order chi connectivity index (χ1) is 7.24. The van der Waals surface area contributed by atoms with Crippen molar-refractivity contribution in [3.8, 4) is 0 Å². The molecule has 0 heterocycles. The Bertz CT molecular complexity index is 334. The van der Waals surface area contributed by atoms with E-state index in [4.69, 9.17) is 0 Å². The standard InChI is InChI=1S/C13H18.C2H6/c1-4-11-8-12-6-5-7-13(12)10(3)9(11)2;1-2/h8H,4-7H2,1-3H3;1-2H3. The maximum atomic E-state index is 2.44. The second-order valence-corrected chi connectivity index (χ2v) is 4.13. The molecule has 84 valence electrons. The molecule has 0 bridgehead atoms. The van der Waals surface area contributed by atoms with Gasteiger partial charge in [-0.3, -0.25) is 0 Å². The quantitative estimate of drug-likeness (QED) is 0.637. The maximum Gasteiger partial charge on any atom is -0.0270 e. The lowest BCUT2D eigenvalue weighted by Gasteiger charge is -2.12. The summed E-state index contributed by atoms with van der Waals surface area (Å²) in [7, 11) is 0. The number of fused-ring (bicyclic) bond motifs is 1. The number of hydrogen-bond donors (Lipinski definition) is 0. The van der Waals surface area contributed by atoms with E-state index in [0.717, 1.165) is 0 Å². The molecule has 0 spiro atoms. The molecule has 0 nitrogen and oxygen atoms in total. The molecular weight excluding hydrogens is 180 g/mol. The summed E-state index contributed by atoms with van der Waals surface area (Å²) in [5.41, 5.74) is 7.92. The SMILES string of the molecule is CC.CCc1cc2c(c(C)c1C)CCC2. The zero-order chi connectivity index (χ0) is 11.4. The van der Waals surface area contributed by atoms with Crippen molar-refractivity contribution in [2.75, 3.05) is 0 Å². The molecule has 1 aliphatic rings. The first-order valence-electron chi connectivity index (χ1n) is 6.35. The Labute approximate surface area is 94.7 Å². The summed E-state index contributed by atoms with van der Waals surface area (Å²) < 4.78 is 0. The fourth-order valence-corrected chi connectivity index (χ4v) is 2.51. The van der Waals surface area contributed by atoms with Crippen LogP contribution in [0.5, 0.6) is 0 Å². The van der Waals surface area contributed by atoms with Crippen LogP contribution in [0.4, 0.5) is 0 Å². The Balaban J connectivity index is 0.000000531. The Morgan fingerprint density at radius 1 is 1.07 bits per heavy atom. The van der Waals surface area contributed by atoms with E-state index in [-0.39, 0.29) is 0 Å². The molecule has 0 aliphatic heterocycles. The van der Waals surface area contributed by atoms with Crippen LogP contribution in [-0.4, -0.2) is 0 Å². The van der Waals surface area contributed by atoms with Gasteiger partial charge in [-0.2, -0.15) is 0 Å². The molecule has 0 amide bonds. The van der Waals surface area contributed by atoms with Crippen LogP contribution in [0.2, 0.25) is 0 Å². The molecule has 1 aromatic rings. The summed E-state index contributed by atoms with van der Waals surface area (Å²) >= 11 is 0. The summed E-state index contributed by atoms with van der Waals surface area (Å²) in [4.78, 5) is 0. The second-order valence-electron chi connectivity index (χ2n) is 4.13. The minimum Gasteiger partial charge on any atom is -0.0683 e. The van der Waals surface area contributed by atoms with Gasteiger partial charge in [-0.25, -0.2) is 0 Å². The first kappa shape index (κ1) is 12.3. The third-order valence-electron chi connectivity index (χ3n) is 3.49. The van der Waals surface area contributed by atoms with E-state index in [0.29, 0.717) is 0 Å². The average molecular weight is 204 g/mol. The highest BCUT2D eigenvalue weighted by Crippen LogP contribution is 2.29. The van der Waals surface area contributed by atoms with Crippen LogP contribution in [0.3, 0.4) is 0 Å². The highest BCUT2D eigenvalue weighted by Gasteiger charge is 2.15. The van der Waals surface area contributed by atoms with Crippen molar-refractivity contribution in [3.05, 3.63) is 33.9 Å². The number of rotatable bonds is 1. The van der Waals surface area contributed by atoms with Gasteiger partial charge in [0, 0.05) is 0 Å². The van der Waals surface area contributed by atoms with Gasteiger partial charge in [-0.1, -0.05) is 26.8 Å². The smallest absolute Gasteiger partial charge is 0.0270 e. The summed E-state index contributed by atoms with van der Waals surface area (Å²) in [5, 5.41) is 0. The van der Waals surface area contributed by atoms with Gasteiger partial charge < -0.3 is 0 Å². The number of aryl methyl sites for hydroxylation is 2. The Hall–Kier alpha value is -0.780. The van der Waals surface area contributed by atoms with Crippen LogP contribution in [0.15, 0.2) is 6.07 Å². The van der Waals surface area contributed by atoms with E-state index < -0.39 is 0 Å². The van der Waals surface area contributed by atoms with Crippen molar-refractivity contribution in [3.63, 3.8) is 0 Å². The van der Waals surface area contributed by atoms with Crippen molar-refractivity contribution in [2.24, 2.45) is 0 Å². The van der Waals surface area contributed by atoms with E-state index in [1.165, 1.54) is 31.2 Å². The van der Waals surface area contributed by atoms with Gasteiger partial charge in [0.25, 0.3) is 0 Å². The van der Waals surface area contributed by atoms with E-state index >= 15 is 0 Å². The fourth-order valence-electron chi connectivity index (χ4n) is 2.51. The summed E-state index contributed by atoms with van der Waals surface area (Å²) in [6.07, 6.45) is 5.16. The van der Waals surface area contributed by atoms with Gasteiger partial charge in [-0.05, 0) is 67.3 Å². The first-order valence-corrected chi connectivity index (χ1v) is 6.35. The highest BCUT2D eigenvalue weighted by molar-refractivity contribution is 5.46. The predicted octanol–water partition coefficient (Wildman–Crippen LogP) is 4.38. The fraction of sp³-hybridized carbons (Fsp3) is 0.600. The van der Waals surface area contributed by atoms with Crippen LogP contribution in [0.25, 0.3) is 0 Å². The van der Waals surface area contributed by atoms with Crippen molar-refractivity contribution in [2.45, 2.75) is 60.3 Å². The van der Waals surface area contributed by atoms with Gasteiger partial charge in [0.2, 0.25) is 0 Å². The minimum atomic E-state index is 1.18. The van der Waals surface area contributed by atoms with Gasteiger partial charge in [0.15, 0.2) is 0 Å². The summed E-state index contributed by atoms with van der Waals surface area (Å²) in [5.74, 6) is 0. The van der Waals surface area contributed by atoms with Gasteiger partial charge in [0.05, 0.1) is 0 Å². The lowest BCUT2D eigenvalue weighted by atomic mass is 9.93. The van der Waals surface area contributed by atoms with E-state index in [9.17, 15) is 0 Å². The molecule has 0 atom stereocenters. The number of benzene rings is 1. The lowest BCUT2D eigenvalue weighted by molar-refractivity contribution is 0.909. The largest absolute Gasteiger partial charge is 0.0683 e. The molecule has 1 aliphatic carbocycles. The maximum absolute atomic E-state index is 2.44. The van der Waals surface area contributed by atoms with Crippen LogP contribution in [-0.2, 0) is 19.3 Å². The Morgan fingerprint density at radius 3 is 2.33 bits per heavy atom. The van der Waals surface area contributed by atoms with Crippen LogP contribution in [0, 0.1) is 13.8 Å². The zero-order valence-corrected chi connectivity index (χ0v) is 10.9. The van der Waals surface area contributed by atoms with Crippen molar-refractivity contribution in [1.82, 2.24) is 0 Å². The topological polar surface area (TPSA) is 0 Å². The van der Waals surface area contributed by atoms with Crippen molar-refractivity contribution in [1.29, 1.82) is 0 Å². The van der Waals surface area contributed by atoms with Crippen LogP contribution >= 0.6 is 0 Å².